The monoisotopic (exact) mass is 248 g/mol. The molecule has 18 heavy (non-hydrogen) atoms. The number of rotatable bonds is 5. The molecule has 0 atom stereocenters. The SMILES string of the molecule is CC(C)NC(=O)CCN=C(N)Nc1ccccc1. The zero-order valence-corrected chi connectivity index (χ0v) is 10.8. The van der Waals surface area contributed by atoms with Gasteiger partial charge in [0.15, 0.2) is 5.96 Å². The number of nitrogens with two attached hydrogens (primary N) is 1. The first-order valence-electron chi connectivity index (χ1n) is 5.99. The Hall–Kier alpha value is -2.04. The second-order valence-corrected chi connectivity index (χ2v) is 4.23. The Morgan fingerprint density at radius 3 is 2.61 bits per heavy atom. The fourth-order valence-corrected chi connectivity index (χ4v) is 1.38. The molecule has 0 aliphatic carbocycles. The number of para-hydroxylation sites is 1. The molecule has 0 unspecified atom stereocenters. The number of amides is 1. The van der Waals surface area contributed by atoms with E-state index in [9.17, 15) is 4.79 Å². The van der Waals surface area contributed by atoms with Crippen LogP contribution in [0.15, 0.2) is 35.3 Å². The largest absolute Gasteiger partial charge is 0.370 e. The van der Waals surface area contributed by atoms with E-state index in [1.807, 2.05) is 44.2 Å². The first-order valence-corrected chi connectivity index (χ1v) is 5.99. The van der Waals surface area contributed by atoms with Crippen LogP contribution in [0.5, 0.6) is 0 Å². The normalized spacial score (nSPS) is 11.4. The lowest BCUT2D eigenvalue weighted by molar-refractivity contribution is -0.121. The molecule has 0 saturated heterocycles. The average Bonchev–Trinajstić information content (AvgIpc) is 2.29. The van der Waals surface area contributed by atoms with Gasteiger partial charge < -0.3 is 16.4 Å². The lowest BCUT2D eigenvalue weighted by Crippen LogP contribution is -2.30. The van der Waals surface area contributed by atoms with E-state index < -0.39 is 0 Å². The third-order valence-corrected chi connectivity index (χ3v) is 2.12. The van der Waals surface area contributed by atoms with Crippen molar-refractivity contribution in [3.05, 3.63) is 30.3 Å². The Labute approximate surface area is 107 Å². The topological polar surface area (TPSA) is 79.5 Å². The van der Waals surface area contributed by atoms with E-state index >= 15 is 0 Å². The molecular weight excluding hydrogens is 228 g/mol. The highest BCUT2D eigenvalue weighted by Gasteiger charge is 2.02. The van der Waals surface area contributed by atoms with Gasteiger partial charge in [0, 0.05) is 18.2 Å². The Morgan fingerprint density at radius 2 is 2.00 bits per heavy atom. The molecule has 0 saturated carbocycles. The first-order chi connectivity index (χ1) is 8.58. The molecule has 5 nitrogen and oxygen atoms in total. The van der Waals surface area contributed by atoms with E-state index in [0.29, 0.717) is 18.9 Å². The number of guanidine groups is 1. The first kappa shape index (κ1) is 14.0. The van der Waals surface area contributed by atoms with Crippen LogP contribution >= 0.6 is 0 Å². The number of carbonyl (C=O) groups excluding carboxylic acids is 1. The number of nitrogens with one attached hydrogen (secondary N) is 2. The molecule has 0 radical (unpaired) electrons. The molecular formula is C13H20N4O. The summed E-state index contributed by atoms with van der Waals surface area (Å²) in [6, 6.07) is 9.69. The molecule has 0 aromatic heterocycles. The van der Waals surface area contributed by atoms with E-state index in [0.717, 1.165) is 5.69 Å². The summed E-state index contributed by atoms with van der Waals surface area (Å²) >= 11 is 0. The average molecular weight is 248 g/mol. The highest BCUT2D eigenvalue weighted by atomic mass is 16.1. The van der Waals surface area contributed by atoms with Crippen LogP contribution in [0.3, 0.4) is 0 Å². The third-order valence-electron chi connectivity index (χ3n) is 2.12. The van der Waals surface area contributed by atoms with Gasteiger partial charge in [-0.3, -0.25) is 9.79 Å². The molecule has 1 aromatic carbocycles. The Kier molecular flexibility index (Phi) is 5.70. The minimum atomic E-state index is -0.0127. The van der Waals surface area contributed by atoms with Gasteiger partial charge in [0.1, 0.15) is 0 Å². The Morgan fingerprint density at radius 1 is 1.33 bits per heavy atom. The van der Waals surface area contributed by atoms with Crippen LogP contribution in [0.2, 0.25) is 0 Å². The predicted octanol–water partition coefficient (Wildman–Crippen LogP) is 1.33. The van der Waals surface area contributed by atoms with Gasteiger partial charge in [0.2, 0.25) is 5.91 Å². The lowest BCUT2D eigenvalue weighted by atomic mass is 10.3. The second-order valence-electron chi connectivity index (χ2n) is 4.23. The van der Waals surface area contributed by atoms with Crippen LogP contribution in [-0.2, 0) is 4.79 Å². The van der Waals surface area contributed by atoms with Gasteiger partial charge in [0.05, 0.1) is 6.54 Å². The zero-order chi connectivity index (χ0) is 13.4. The van der Waals surface area contributed by atoms with Crippen LogP contribution in [0, 0.1) is 0 Å². The highest BCUT2D eigenvalue weighted by Crippen LogP contribution is 2.03. The van der Waals surface area contributed by atoms with Crippen LogP contribution in [-0.4, -0.2) is 24.5 Å². The summed E-state index contributed by atoms with van der Waals surface area (Å²) in [5.74, 6) is 0.305. The van der Waals surface area contributed by atoms with Crippen molar-refractivity contribution in [2.45, 2.75) is 26.3 Å². The van der Waals surface area contributed by atoms with Gasteiger partial charge in [-0.1, -0.05) is 18.2 Å². The summed E-state index contributed by atoms with van der Waals surface area (Å²) < 4.78 is 0. The van der Waals surface area contributed by atoms with Crippen LogP contribution < -0.4 is 16.4 Å². The molecule has 98 valence electrons. The minimum absolute atomic E-state index is 0.0127. The van der Waals surface area contributed by atoms with Crippen molar-refractivity contribution in [1.29, 1.82) is 0 Å². The van der Waals surface area contributed by atoms with Gasteiger partial charge in [-0.05, 0) is 26.0 Å². The molecule has 1 aromatic rings. The second kappa shape index (κ2) is 7.32. The summed E-state index contributed by atoms with van der Waals surface area (Å²) in [6.07, 6.45) is 0.343. The van der Waals surface area contributed by atoms with E-state index in [4.69, 9.17) is 5.73 Å². The van der Waals surface area contributed by atoms with Gasteiger partial charge in [-0.15, -0.1) is 0 Å². The Bertz CT molecular complexity index is 401. The zero-order valence-electron chi connectivity index (χ0n) is 10.8. The number of anilines is 1. The smallest absolute Gasteiger partial charge is 0.222 e. The van der Waals surface area contributed by atoms with Crippen molar-refractivity contribution >= 4 is 17.6 Å². The molecule has 0 aliphatic rings. The molecule has 5 heteroatoms. The maximum atomic E-state index is 11.4. The van der Waals surface area contributed by atoms with Crippen molar-refractivity contribution in [3.63, 3.8) is 0 Å². The molecule has 0 spiro atoms. The van der Waals surface area contributed by atoms with Crippen LogP contribution in [0.4, 0.5) is 5.69 Å². The minimum Gasteiger partial charge on any atom is -0.370 e. The van der Waals surface area contributed by atoms with Crippen LogP contribution in [0.25, 0.3) is 0 Å². The molecule has 1 rings (SSSR count). The number of hydrogen-bond acceptors (Lipinski definition) is 2. The van der Waals surface area contributed by atoms with Gasteiger partial charge >= 0.3 is 0 Å². The summed E-state index contributed by atoms with van der Waals surface area (Å²) in [6.45, 7) is 4.23. The molecule has 0 heterocycles. The van der Waals surface area contributed by atoms with Crippen molar-refractivity contribution in [3.8, 4) is 0 Å². The standard InChI is InChI=1S/C13H20N4O/c1-10(2)16-12(18)8-9-15-13(14)17-11-6-4-3-5-7-11/h3-7,10H,8-9H2,1-2H3,(H,16,18)(H3,14,15,17). The van der Waals surface area contributed by atoms with Crippen LogP contribution in [0.1, 0.15) is 20.3 Å². The maximum absolute atomic E-state index is 11.4. The molecule has 0 fully saturated rings. The summed E-state index contributed by atoms with van der Waals surface area (Å²) in [4.78, 5) is 15.4. The quantitative estimate of drug-likeness (QED) is 0.543. The highest BCUT2D eigenvalue weighted by molar-refractivity contribution is 5.92. The third kappa shape index (κ3) is 5.89. The van der Waals surface area contributed by atoms with Gasteiger partial charge in [-0.25, -0.2) is 0 Å². The molecule has 0 aliphatic heterocycles. The number of benzene rings is 1. The van der Waals surface area contributed by atoms with Crippen molar-refractivity contribution in [2.24, 2.45) is 10.7 Å². The van der Waals surface area contributed by atoms with E-state index in [2.05, 4.69) is 15.6 Å². The fraction of sp³-hybridized carbons (Fsp3) is 0.385. The van der Waals surface area contributed by atoms with Crippen molar-refractivity contribution in [2.75, 3.05) is 11.9 Å². The summed E-state index contributed by atoms with van der Waals surface area (Å²) in [5.41, 5.74) is 6.58. The fourth-order valence-electron chi connectivity index (χ4n) is 1.38. The molecule has 4 N–H and O–H groups in total. The number of aliphatic imine (C=N–C) groups is 1. The number of hydrogen-bond donors (Lipinski definition) is 3. The van der Waals surface area contributed by atoms with Crippen molar-refractivity contribution < 1.29 is 4.79 Å². The van der Waals surface area contributed by atoms with Gasteiger partial charge in [0.25, 0.3) is 0 Å². The maximum Gasteiger partial charge on any atom is 0.222 e. The van der Waals surface area contributed by atoms with Gasteiger partial charge in [-0.2, -0.15) is 0 Å². The summed E-state index contributed by atoms with van der Waals surface area (Å²) in [7, 11) is 0. The van der Waals surface area contributed by atoms with E-state index in [1.54, 1.807) is 0 Å². The molecule has 1 amide bonds. The summed E-state index contributed by atoms with van der Waals surface area (Å²) in [5, 5.41) is 5.75. The van der Waals surface area contributed by atoms with E-state index in [1.165, 1.54) is 0 Å². The Balaban J connectivity index is 2.32. The number of carbonyl (C=O) groups is 1. The van der Waals surface area contributed by atoms with Crippen molar-refractivity contribution in [1.82, 2.24) is 5.32 Å². The lowest BCUT2D eigenvalue weighted by Gasteiger charge is -2.07. The van der Waals surface area contributed by atoms with E-state index in [-0.39, 0.29) is 11.9 Å². The number of nitrogens with zero attached hydrogens (tertiary/aromatic N) is 1. The predicted molar refractivity (Wildman–Crippen MR) is 74.4 cm³/mol. The molecule has 0 bridgehead atoms.